The number of alkyl halides is 2. The summed E-state index contributed by atoms with van der Waals surface area (Å²) in [6.45, 7) is 1.60. The van der Waals surface area contributed by atoms with E-state index >= 15 is 0 Å². The Morgan fingerprint density at radius 2 is 2.19 bits per heavy atom. The quantitative estimate of drug-likeness (QED) is 0.796. The topological polar surface area (TPSA) is 44.1 Å². The zero-order valence-electron chi connectivity index (χ0n) is 11.2. The van der Waals surface area contributed by atoms with E-state index in [1.54, 1.807) is 13.0 Å². The van der Waals surface area contributed by atoms with Crippen molar-refractivity contribution in [3.8, 4) is 0 Å². The van der Waals surface area contributed by atoms with E-state index in [1.807, 2.05) is 0 Å². The van der Waals surface area contributed by atoms with Gasteiger partial charge in [0.05, 0.1) is 19.3 Å². The molecule has 4 nitrogen and oxygen atoms in total. The van der Waals surface area contributed by atoms with Gasteiger partial charge in [0.15, 0.2) is 0 Å². The standard InChI is InChI=1S/C14H13F3N2O2/c1-2-21-14(20)11-7-18-19(12(11)13(16)17)8-9-4-3-5-10(15)6-9/h3-7,13H,2,8H2,1H3. The molecule has 0 saturated heterocycles. The molecule has 1 aromatic carbocycles. The van der Waals surface area contributed by atoms with Gasteiger partial charge < -0.3 is 4.74 Å². The van der Waals surface area contributed by atoms with Crippen LogP contribution in [0.2, 0.25) is 0 Å². The molecule has 0 saturated carbocycles. The number of ether oxygens (including phenoxy) is 1. The number of esters is 1. The molecule has 0 unspecified atom stereocenters. The first-order valence-electron chi connectivity index (χ1n) is 6.28. The smallest absolute Gasteiger partial charge is 0.341 e. The number of rotatable bonds is 5. The highest BCUT2D eigenvalue weighted by Crippen LogP contribution is 2.24. The molecule has 0 fully saturated rings. The van der Waals surface area contributed by atoms with Gasteiger partial charge >= 0.3 is 5.97 Å². The van der Waals surface area contributed by atoms with Crippen molar-refractivity contribution in [2.24, 2.45) is 0 Å². The predicted octanol–water partition coefficient (Wildman–Crippen LogP) is 3.18. The summed E-state index contributed by atoms with van der Waals surface area (Å²) in [5.74, 6) is -1.32. The number of carbonyl (C=O) groups is 1. The van der Waals surface area contributed by atoms with Crippen molar-refractivity contribution in [2.75, 3.05) is 6.61 Å². The average Bonchev–Trinajstić information content (AvgIpc) is 2.83. The number of nitrogens with zero attached hydrogens (tertiary/aromatic N) is 2. The Bertz CT molecular complexity index is 641. The van der Waals surface area contributed by atoms with E-state index in [9.17, 15) is 18.0 Å². The lowest BCUT2D eigenvalue weighted by atomic mass is 10.2. The Labute approximate surface area is 119 Å². The zero-order valence-corrected chi connectivity index (χ0v) is 11.2. The molecule has 1 heterocycles. The Morgan fingerprint density at radius 3 is 2.81 bits per heavy atom. The van der Waals surface area contributed by atoms with Gasteiger partial charge in [0.2, 0.25) is 0 Å². The first-order valence-corrected chi connectivity index (χ1v) is 6.28. The maximum Gasteiger partial charge on any atom is 0.341 e. The van der Waals surface area contributed by atoms with Crippen LogP contribution in [0, 0.1) is 5.82 Å². The van der Waals surface area contributed by atoms with E-state index in [-0.39, 0.29) is 18.7 Å². The number of benzene rings is 1. The van der Waals surface area contributed by atoms with Gasteiger partial charge in [0.25, 0.3) is 6.43 Å². The van der Waals surface area contributed by atoms with E-state index in [0.29, 0.717) is 5.56 Å². The molecule has 0 atom stereocenters. The van der Waals surface area contributed by atoms with Crippen molar-refractivity contribution < 1.29 is 22.7 Å². The van der Waals surface area contributed by atoms with E-state index < -0.39 is 23.9 Å². The van der Waals surface area contributed by atoms with E-state index in [1.165, 1.54) is 18.2 Å². The molecule has 112 valence electrons. The van der Waals surface area contributed by atoms with Crippen LogP contribution >= 0.6 is 0 Å². The van der Waals surface area contributed by atoms with Crippen LogP contribution in [0.4, 0.5) is 13.2 Å². The first kappa shape index (κ1) is 15.1. The van der Waals surface area contributed by atoms with Crippen LogP contribution in [0.5, 0.6) is 0 Å². The molecular formula is C14H13F3N2O2. The average molecular weight is 298 g/mol. The van der Waals surface area contributed by atoms with E-state index in [0.717, 1.165) is 10.9 Å². The number of halogens is 3. The second kappa shape index (κ2) is 6.43. The molecule has 7 heteroatoms. The molecule has 21 heavy (non-hydrogen) atoms. The Kier molecular flexibility index (Phi) is 4.62. The van der Waals surface area contributed by atoms with E-state index in [2.05, 4.69) is 5.10 Å². The minimum absolute atomic E-state index is 0.0587. The van der Waals surface area contributed by atoms with Gasteiger partial charge in [-0.1, -0.05) is 12.1 Å². The van der Waals surface area contributed by atoms with Crippen LogP contribution in [0.1, 0.15) is 35.0 Å². The number of hydrogen-bond acceptors (Lipinski definition) is 3. The summed E-state index contributed by atoms with van der Waals surface area (Å²) < 4.78 is 45.1. The molecule has 0 aliphatic carbocycles. The number of hydrogen-bond donors (Lipinski definition) is 0. The highest BCUT2D eigenvalue weighted by Gasteiger charge is 2.25. The minimum Gasteiger partial charge on any atom is -0.462 e. The van der Waals surface area contributed by atoms with Crippen molar-refractivity contribution >= 4 is 5.97 Å². The van der Waals surface area contributed by atoms with Gasteiger partial charge in [-0.05, 0) is 24.6 Å². The van der Waals surface area contributed by atoms with Crippen molar-refractivity contribution in [3.05, 3.63) is 53.1 Å². The summed E-state index contributed by atoms with van der Waals surface area (Å²) in [4.78, 5) is 11.6. The third kappa shape index (κ3) is 3.42. The maximum atomic E-state index is 13.2. The fourth-order valence-corrected chi connectivity index (χ4v) is 1.93. The minimum atomic E-state index is -2.89. The molecule has 1 aromatic heterocycles. The van der Waals surface area contributed by atoms with Crippen LogP contribution in [0.3, 0.4) is 0 Å². The van der Waals surface area contributed by atoms with Crippen LogP contribution < -0.4 is 0 Å². The molecular weight excluding hydrogens is 285 g/mol. The van der Waals surface area contributed by atoms with Crippen molar-refractivity contribution in [3.63, 3.8) is 0 Å². The molecule has 0 bridgehead atoms. The Morgan fingerprint density at radius 1 is 1.43 bits per heavy atom. The lowest BCUT2D eigenvalue weighted by Gasteiger charge is -2.09. The molecule has 2 aromatic rings. The largest absolute Gasteiger partial charge is 0.462 e. The van der Waals surface area contributed by atoms with Crippen LogP contribution in [-0.2, 0) is 11.3 Å². The summed E-state index contributed by atoms with van der Waals surface area (Å²) in [5.41, 5.74) is -0.337. The van der Waals surface area contributed by atoms with Crippen molar-refractivity contribution in [1.29, 1.82) is 0 Å². The third-order valence-corrected chi connectivity index (χ3v) is 2.80. The van der Waals surface area contributed by atoms with Gasteiger partial charge in [0.1, 0.15) is 17.1 Å². The van der Waals surface area contributed by atoms with Crippen molar-refractivity contribution in [2.45, 2.75) is 19.9 Å². The Balaban J connectivity index is 2.34. The fourth-order valence-electron chi connectivity index (χ4n) is 1.93. The second-order valence-corrected chi connectivity index (χ2v) is 4.25. The highest BCUT2D eigenvalue weighted by molar-refractivity contribution is 5.90. The first-order chi connectivity index (χ1) is 10.0. The summed E-state index contributed by atoms with van der Waals surface area (Å²) in [7, 11) is 0. The van der Waals surface area contributed by atoms with Gasteiger partial charge in [0, 0.05) is 0 Å². The molecule has 0 radical (unpaired) electrons. The second-order valence-electron chi connectivity index (χ2n) is 4.25. The summed E-state index contributed by atoms with van der Waals surface area (Å²) in [6, 6.07) is 5.54. The highest BCUT2D eigenvalue weighted by atomic mass is 19.3. The normalized spacial score (nSPS) is 10.9. The summed E-state index contributed by atoms with van der Waals surface area (Å²) in [5, 5.41) is 3.78. The lowest BCUT2D eigenvalue weighted by molar-refractivity contribution is 0.0513. The predicted molar refractivity (Wildman–Crippen MR) is 68.6 cm³/mol. The molecule has 0 amide bonds. The fraction of sp³-hybridized carbons (Fsp3) is 0.286. The van der Waals surface area contributed by atoms with Crippen LogP contribution in [0.25, 0.3) is 0 Å². The summed E-state index contributed by atoms with van der Waals surface area (Å²) >= 11 is 0. The van der Waals surface area contributed by atoms with Gasteiger partial charge in [-0.15, -0.1) is 0 Å². The SMILES string of the molecule is CCOC(=O)c1cnn(Cc2cccc(F)c2)c1C(F)F. The maximum absolute atomic E-state index is 13.2. The van der Waals surface area contributed by atoms with Gasteiger partial charge in [-0.3, -0.25) is 4.68 Å². The van der Waals surface area contributed by atoms with Crippen LogP contribution in [-0.4, -0.2) is 22.4 Å². The van der Waals surface area contributed by atoms with Gasteiger partial charge in [-0.2, -0.15) is 5.10 Å². The zero-order chi connectivity index (χ0) is 15.4. The molecule has 0 aliphatic rings. The molecule has 2 rings (SSSR count). The molecule has 0 spiro atoms. The Hall–Kier alpha value is -2.31. The van der Waals surface area contributed by atoms with E-state index in [4.69, 9.17) is 4.74 Å². The van der Waals surface area contributed by atoms with Gasteiger partial charge in [-0.25, -0.2) is 18.0 Å². The third-order valence-electron chi connectivity index (χ3n) is 2.80. The summed E-state index contributed by atoms with van der Waals surface area (Å²) in [6.07, 6.45) is -1.85. The molecule has 0 aliphatic heterocycles. The molecule has 0 N–H and O–H groups in total. The number of carbonyl (C=O) groups excluding carboxylic acids is 1. The lowest BCUT2D eigenvalue weighted by Crippen LogP contribution is -2.12. The van der Waals surface area contributed by atoms with Crippen LogP contribution in [0.15, 0.2) is 30.5 Å². The van der Waals surface area contributed by atoms with Crippen molar-refractivity contribution in [1.82, 2.24) is 9.78 Å². The number of aromatic nitrogens is 2. The monoisotopic (exact) mass is 298 g/mol.